The largest absolute Gasteiger partial charge is 0.474 e. The van der Waals surface area contributed by atoms with E-state index in [9.17, 15) is 0 Å². The van der Waals surface area contributed by atoms with Crippen molar-refractivity contribution in [1.82, 2.24) is 15.2 Å². The molecule has 0 amide bonds. The summed E-state index contributed by atoms with van der Waals surface area (Å²) in [6.45, 7) is 4.74. The number of aromatic nitrogens is 1. The summed E-state index contributed by atoms with van der Waals surface area (Å²) < 4.78 is 5.76. The van der Waals surface area contributed by atoms with Crippen molar-refractivity contribution in [2.45, 2.75) is 6.61 Å². The number of nitrogens with one attached hydrogen (secondary N) is 1. The summed E-state index contributed by atoms with van der Waals surface area (Å²) in [5, 5.41) is 3.34. The van der Waals surface area contributed by atoms with Gasteiger partial charge in [0.05, 0.1) is 0 Å². The summed E-state index contributed by atoms with van der Waals surface area (Å²) in [4.78, 5) is 6.39. The van der Waals surface area contributed by atoms with Crippen LogP contribution >= 0.6 is 0 Å². The fraction of sp³-hybridized carbons (Fsp3) is 0.417. The summed E-state index contributed by atoms with van der Waals surface area (Å²) in [5.74, 6) is 1.00. The van der Waals surface area contributed by atoms with Gasteiger partial charge in [-0.1, -0.05) is 0 Å². The summed E-state index contributed by atoms with van der Waals surface area (Å²) in [6, 6.07) is 2.04. The molecule has 4 heteroatoms. The van der Waals surface area contributed by atoms with Gasteiger partial charge in [0.1, 0.15) is 6.61 Å². The number of ether oxygens (including phenoxy) is 1. The van der Waals surface area contributed by atoms with Crippen LogP contribution in [0.15, 0.2) is 24.3 Å². The Kier molecular flexibility index (Phi) is 2.50. The highest BCUT2D eigenvalue weighted by Gasteiger charge is 2.18. The Morgan fingerprint density at radius 2 is 2.19 bits per heavy atom. The lowest BCUT2D eigenvalue weighted by Crippen LogP contribution is -2.43. The molecular weight excluding hydrogens is 202 g/mol. The highest BCUT2D eigenvalue weighted by molar-refractivity contribution is 5.55. The van der Waals surface area contributed by atoms with Crippen LogP contribution in [-0.2, 0) is 11.3 Å². The average Bonchev–Trinajstić information content (AvgIpc) is 2.39. The van der Waals surface area contributed by atoms with E-state index in [4.69, 9.17) is 4.74 Å². The summed E-state index contributed by atoms with van der Waals surface area (Å²) >= 11 is 0. The van der Waals surface area contributed by atoms with Crippen LogP contribution < -0.4 is 5.32 Å². The van der Waals surface area contributed by atoms with E-state index in [0.29, 0.717) is 6.61 Å². The van der Waals surface area contributed by atoms with Gasteiger partial charge in [0.2, 0.25) is 0 Å². The fourth-order valence-electron chi connectivity index (χ4n) is 2.09. The molecular formula is C12H15N3O. The predicted octanol–water partition coefficient (Wildman–Crippen LogP) is 0.815. The van der Waals surface area contributed by atoms with Crippen LogP contribution in [0.2, 0.25) is 0 Å². The Hall–Kier alpha value is -1.55. The summed E-state index contributed by atoms with van der Waals surface area (Å²) in [5.41, 5.74) is 2.40. The molecule has 0 atom stereocenters. The lowest BCUT2D eigenvalue weighted by atomic mass is 10.1. The molecule has 1 aromatic rings. The topological polar surface area (TPSA) is 37.4 Å². The molecule has 3 heterocycles. The molecule has 16 heavy (non-hydrogen) atoms. The Bertz CT molecular complexity index is 410. The highest BCUT2D eigenvalue weighted by Crippen LogP contribution is 2.23. The number of nitrogens with zero attached hydrogens (tertiary/aromatic N) is 2. The number of rotatable bonds is 1. The zero-order chi connectivity index (χ0) is 10.8. The van der Waals surface area contributed by atoms with E-state index < -0.39 is 0 Å². The maximum atomic E-state index is 5.76. The third-order valence-corrected chi connectivity index (χ3v) is 3.02. The van der Waals surface area contributed by atoms with Crippen molar-refractivity contribution < 1.29 is 4.74 Å². The van der Waals surface area contributed by atoms with Crippen molar-refractivity contribution >= 4 is 6.08 Å². The maximum absolute atomic E-state index is 5.76. The molecule has 1 fully saturated rings. The Labute approximate surface area is 94.9 Å². The second-order valence-corrected chi connectivity index (χ2v) is 4.08. The Morgan fingerprint density at radius 1 is 1.31 bits per heavy atom. The molecule has 1 aromatic heterocycles. The number of fused-ring (bicyclic) bond motifs is 1. The quantitative estimate of drug-likeness (QED) is 0.755. The molecule has 0 radical (unpaired) electrons. The molecule has 2 aliphatic rings. The molecule has 0 aromatic carbocycles. The first kappa shape index (κ1) is 9.66. The molecule has 1 saturated heterocycles. The first-order chi connectivity index (χ1) is 7.93. The van der Waals surface area contributed by atoms with Gasteiger partial charge in [-0.05, 0) is 11.6 Å². The Balaban J connectivity index is 1.85. The van der Waals surface area contributed by atoms with E-state index in [1.165, 1.54) is 11.1 Å². The molecule has 0 spiro atoms. The SMILES string of the molecule is C1=C(N2CCNCC2)OCc2cnccc21. The third-order valence-electron chi connectivity index (χ3n) is 3.02. The van der Waals surface area contributed by atoms with Gasteiger partial charge < -0.3 is 15.0 Å². The van der Waals surface area contributed by atoms with E-state index in [1.54, 1.807) is 0 Å². The fourth-order valence-corrected chi connectivity index (χ4v) is 2.09. The zero-order valence-electron chi connectivity index (χ0n) is 9.15. The van der Waals surface area contributed by atoms with Crippen LogP contribution in [0.3, 0.4) is 0 Å². The second kappa shape index (κ2) is 4.14. The molecule has 0 aliphatic carbocycles. The highest BCUT2D eigenvalue weighted by atomic mass is 16.5. The van der Waals surface area contributed by atoms with Crippen LogP contribution in [0.5, 0.6) is 0 Å². The van der Waals surface area contributed by atoms with Crippen LogP contribution in [0.1, 0.15) is 11.1 Å². The van der Waals surface area contributed by atoms with Gasteiger partial charge in [0.15, 0.2) is 5.88 Å². The third kappa shape index (κ3) is 1.76. The van der Waals surface area contributed by atoms with Crippen LogP contribution in [0, 0.1) is 0 Å². The monoisotopic (exact) mass is 217 g/mol. The van der Waals surface area contributed by atoms with Crippen molar-refractivity contribution in [1.29, 1.82) is 0 Å². The van der Waals surface area contributed by atoms with Crippen LogP contribution in [0.25, 0.3) is 6.08 Å². The smallest absolute Gasteiger partial charge is 0.190 e. The normalized spacial score (nSPS) is 19.8. The van der Waals surface area contributed by atoms with Crippen molar-refractivity contribution in [3.05, 3.63) is 35.5 Å². The van der Waals surface area contributed by atoms with Gasteiger partial charge in [0.25, 0.3) is 0 Å². The lowest BCUT2D eigenvalue weighted by molar-refractivity contribution is 0.0941. The molecule has 2 aliphatic heterocycles. The lowest BCUT2D eigenvalue weighted by Gasteiger charge is -2.32. The predicted molar refractivity (Wildman–Crippen MR) is 61.4 cm³/mol. The zero-order valence-corrected chi connectivity index (χ0v) is 9.15. The minimum absolute atomic E-state index is 0.638. The summed E-state index contributed by atoms with van der Waals surface area (Å²) in [7, 11) is 0. The van der Waals surface area contributed by atoms with Gasteiger partial charge in [-0.15, -0.1) is 0 Å². The number of hydrogen-bond donors (Lipinski definition) is 1. The van der Waals surface area contributed by atoms with Gasteiger partial charge in [0, 0.05) is 50.2 Å². The molecule has 4 nitrogen and oxygen atoms in total. The van der Waals surface area contributed by atoms with E-state index in [1.807, 2.05) is 18.5 Å². The van der Waals surface area contributed by atoms with Crippen molar-refractivity contribution in [2.24, 2.45) is 0 Å². The first-order valence-electron chi connectivity index (χ1n) is 5.66. The molecule has 0 bridgehead atoms. The molecule has 3 rings (SSSR count). The average molecular weight is 217 g/mol. The van der Waals surface area contributed by atoms with Crippen LogP contribution in [-0.4, -0.2) is 36.1 Å². The molecule has 0 saturated carbocycles. The van der Waals surface area contributed by atoms with Crippen molar-refractivity contribution in [3.63, 3.8) is 0 Å². The van der Waals surface area contributed by atoms with Crippen LogP contribution in [0.4, 0.5) is 0 Å². The Morgan fingerprint density at radius 3 is 3.06 bits per heavy atom. The second-order valence-electron chi connectivity index (χ2n) is 4.08. The van der Waals surface area contributed by atoms with E-state index in [-0.39, 0.29) is 0 Å². The van der Waals surface area contributed by atoms with Gasteiger partial charge in [-0.3, -0.25) is 4.98 Å². The maximum Gasteiger partial charge on any atom is 0.190 e. The summed E-state index contributed by atoms with van der Waals surface area (Å²) in [6.07, 6.45) is 5.82. The van der Waals surface area contributed by atoms with Crippen molar-refractivity contribution in [2.75, 3.05) is 26.2 Å². The molecule has 1 N–H and O–H groups in total. The van der Waals surface area contributed by atoms with Crippen molar-refractivity contribution in [3.8, 4) is 0 Å². The first-order valence-corrected chi connectivity index (χ1v) is 5.66. The number of hydrogen-bond acceptors (Lipinski definition) is 4. The van der Waals surface area contributed by atoms with E-state index in [0.717, 1.165) is 32.1 Å². The van der Waals surface area contributed by atoms with E-state index in [2.05, 4.69) is 21.3 Å². The standard InChI is InChI=1S/C12H15N3O/c1-2-14-8-11-9-16-12(7-10(1)11)15-5-3-13-4-6-15/h1-2,7-8,13H,3-6,9H2. The molecule has 84 valence electrons. The van der Waals surface area contributed by atoms with E-state index >= 15 is 0 Å². The number of pyridine rings is 1. The van der Waals surface area contributed by atoms with Gasteiger partial charge in [-0.25, -0.2) is 0 Å². The van der Waals surface area contributed by atoms with Gasteiger partial charge >= 0.3 is 0 Å². The minimum atomic E-state index is 0.638. The molecule has 0 unspecified atom stereocenters. The number of piperazine rings is 1. The minimum Gasteiger partial charge on any atom is -0.474 e. The van der Waals surface area contributed by atoms with Gasteiger partial charge in [-0.2, -0.15) is 0 Å².